The van der Waals surface area contributed by atoms with Gasteiger partial charge in [0.05, 0.1) is 11.9 Å². The van der Waals surface area contributed by atoms with Crippen molar-refractivity contribution in [1.29, 1.82) is 0 Å². The highest BCUT2D eigenvalue weighted by Crippen LogP contribution is 2.24. The molecule has 1 amide bonds. The van der Waals surface area contributed by atoms with Gasteiger partial charge in [-0.05, 0) is 68.1 Å². The fourth-order valence-corrected chi connectivity index (χ4v) is 5.39. The fourth-order valence-electron chi connectivity index (χ4n) is 4.19. The van der Waals surface area contributed by atoms with Crippen molar-refractivity contribution in [3.63, 3.8) is 0 Å². The number of amides is 1. The minimum atomic E-state index is -3.63. The second-order valence-electron chi connectivity index (χ2n) is 8.29. The van der Waals surface area contributed by atoms with Crippen LogP contribution in [0.2, 0.25) is 0 Å². The number of rotatable bonds is 9. The summed E-state index contributed by atoms with van der Waals surface area (Å²) in [7, 11) is -3.63. The molecule has 31 heavy (non-hydrogen) atoms. The Labute approximate surface area is 186 Å². The Balaban J connectivity index is 1.76. The van der Waals surface area contributed by atoms with E-state index < -0.39 is 16.1 Å². The van der Waals surface area contributed by atoms with Crippen LogP contribution in [-0.4, -0.2) is 44.6 Å². The third-order valence-electron chi connectivity index (χ3n) is 5.75. The van der Waals surface area contributed by atoms with E-state index in [1.54, 1.807) is 12.1 Å². The van der Waals surface area contributed by atoms with E-state index in [4.69, 9.17) is 0 Å². The maximum absolute atomic E-state index is 13.1. The van der Waals surface area contributed by atoms with Gasteiger partial charge in [-0.2, -0.15) is 0 Å². The molecule has 168 valence electrons. The Morgan fingerprint density at radius 3 is 2.39 bits per heavy atom. The number of aryl methyl sites for hydroxylation is 1. The van der Waals surface area contributed by atoms with Gasteiger partial charge < -0.3 is 5.32 Å². The van der Waals surface area contributed by atoms with E-state index in [2.05, 4.69) is 16.3 Å². The first kappa shape index (κ1) is 23.3. The monoisotopic (exact) mass is 443 g/mol. The van der Waals surface area contributed by atoms with Crippen LogP contribution >= 0.6 is 0 Å². The molecule has 1 N–H and O–H groups in total. The van der Waals surface area contributed by atoms with Gasteiger partial charge in [-0.1, -0.05) is 43.3 Å². The molecule has 1 atom stereocenters. The summed E-state index contributed by atoms with van der Waals surface area (Å²) in [4.78, 5) is 15.6. The molecule has 0 aromatic heterocycles. The van der Waals surface area contributed by atoms with Crippen molar-refractivity contribution in [3.05, 3.63) is 65.2 Å². The third kappa shape index (κ3) is 6.08. The van der Waals surface area contributed by atoms with Crippen LogP contribution in [0, 0.1) is 6.92 Å². The molecular formula is C24H33N3O3S. The number of hydrogen-bond acceptors (Lipinski definition) is 4. The zero-order valence-electron chi connectivity index (χ0n) is 18.7. The lowest BCUT2D eigenvalue weighted by Gasteiger charge is -2.30. The lowest BCUT2D eigenvalue weighted by molar-refractivity contribution is -0.122. The van der Waals surface area contributed by atoms with E-state index in [-0.39, 0.29) is 5.91 Å². The normalized spacial score (nSPS) is 15.6. The first-order valence-corrected chi connectivity index (χ1v) is 12.8. The van der Waals surface area contributed by atoms with Gasteiger partial charge in [-0.15, -0.1) is 0 Å². The molecule has 0 spiro atoms. The van der Waals surface area contributed by atoms with Crippen molar-refractivity contribution >= 4 is 21.6 Å². The SMILES string of the molecule is CCC(C(=O)NCc1ccccc1CN1CCCC1)N(c1cccc(C)c1)S(C)(=O)=O. The molecule has 1 fully saturated rings. The van der Waals surface area contributed by atoms with Crippen LogP contribution in [0.4, 0.5) is 5.69 Å². The molecule has 3 rings (SSSR count). The molecule has 2 aromatic carbocycles. The van der Waals surface area contributed by atoms with Gasteiger partial charge in [0.15, 0.2) is 0 Å². The molecular weight excluding hydrogens is 410 g/mol. The summed E-state index contributed by atoms with van der Waals surface area (Å²) in [6.45, 7) is 7.21. The first-order valence-electron chi connectivity index (χ1n) is 10.9. The second kappa shape index (κ2) is 10.3. The van der Waals surface area contributed by atoms with Crippen molar-refractivity contribution in [2.24, 2.45) is 0 Å². The maximum Gasteiger partial charge on any atom is 0.244 e. The molecule has 1 aliphatic heterocycles. The van der Waals surface area contributed by atoms with Crippen LogP contribution in [-0.2, 0) is 27.9 Å². The summed E-state index contributed by atoms with van der Waals surface area (Å²) in [6.07, 6.45) is 3.99. The highest BCUT2D eigenvalue weighted by molar-refractivity contribution is 7.92. The number of anilines is 1. The lowest BCUT2D eigenvalue weighted by atomic mass is 10.1. The molecule has 0 aliphatic carbocycles. The zero-order chi connectivity index (χ0) is 22.4. The summed E-state index contributed by atoms with van der Waals surface area (Å²) in [5.41, 5.74) is 3.73. The zero-order valence-corrected chi connectivity index (χ0v) is 19.5. The average molecular weight is 444 g/mol. The van der Waals surface area contributed by atoms with Crippen molar-refractivity contribution in [1.82, 2.24) is 10.2 Å². The lowest BCUT2D eigenvalue weighted by Crippen LogP contribution is -2.49. The Kier molecular flexibility index (Phi) is 7.73. The fraction of sp³-hybridized carbons (Fsp3) is 0.458. The topological polar surface area (TPSA) is 69.7 Å². The van der Waals surface area contributed by atoms with Crippen molar-refractivity contribution in [2.75, 3.05) is 23.7 Å². The molecule has 0 bridgehead atoms. The van der Waals surface area contributed by atoms with Crippen LogP contribution in [0.25, 0.3) is 0 Å². The number of hydrogen-bond donors (Lipinski definition) is 1. The van der Waals surface area contributed by atoms with E-state index in [1.807, 2.05) is 44.2 Å². The van der Waals surface area contributed by atoms with Crippen LogP contribution in [0.15, 0.2) is 48.5 Å². The van der Waals surface area contributed by atoms with Gasteiger partial charge in [0.1, 0.15) is 6.04 Å². The van der Waals surface area contributed by atoms with Gasteiger partial charge in [0, 0.05) is 13.1 Å². The van der Waals surface area contributed by atoms with Gasteiger partial charge in [0.2, 0.25) is 15.9 Å². The summed E-state index contributed by atoms with van der Waals surface area (Å²) >= 11 is 0. The van der Waals surface area contributed by atoms with Crippen molar-refractivity contribution < 1.29 is 13.2 Å². The van der Waals surface area contributed by atoms with Crippen LogP contribution < -0.4 is 9.62 Å². The second-order valence-corrected chi connectivity index (χ2v) is 10.2. The third-order valence-corrected chi connectivity index (χ3v) is 6.93. The molecule has 1 saturated heterocycles. The van der Waals surface area contributed by atoms with E-state index in [9.17, 15) is 13.2 Å². The summed E-state index contributed by atoms with van der Waals surface area (Å²) in [6, 6.07) is 14.6. The number of carbonyl (C=O) groups is 1. The van der Waals surface area contributed by atoms with Crippen LogP contribution in [0.5, 0.6) is 0 Å². The molecule has 6 nitrogen and oxygen atoms in total. The predicted molar refractivity (Wildman–Crippen MR) is 125 cm³/mol. The van der Waals surface area contributed by atoms with Gasteiger partial charge in [0.25, 0.3) is 0 Å². The molecule has 1 aliphatic rings. The summed E-state index contributed by atoms with van der Waals surface area (Å²) in [5, 5.41) is 2.99. The predicted octanol–water partition coefficient (Wildman–Crippen LogP) is 3.45. The largest absolute Gasteiger partial charge is 0.350 e. The molecule has 7 heteroatoms. The number of benzene rings is 2. The Bertz CT molecular complexity index is 1000. The van der Waals surface area contributed by atoms with E-state index in [0.29, 0.717) is 18.7 Å². The standard InChI is InChI=1S/C24H33N3O3S/c1-4-23(27(31(3,29)30)22-13-9-10-19(2)16-22)24(28)25-17-20-11-5-6-12-21(20)18-26-14-7-8-15-26/h5-6,9-13,16,23H,4,7-8,14-15,17-18H2,1-3H3,(H,25,28). The van der Waals surface area contributed by atoms with E-state index in [0.717, 1.165) is 37.0 Å². The first-order chi connectivity index (χ1) is 14.8. The van der Waals surface area contributed by atoms with Crippen molar-refractivity contribution in [3.8, 4) is 0 Å². The Hall–Kier alpha value is -2.38. The molecule has 0 saturated carbocycles. The van der Waals surface area contributed by atoms with Crippen LogP contribution in [0.3, 0.4) is 0 Å². The quantitative estimate of drug-likeness (QED) is 0.644. The number of sulfonamides is 1. The summed E-state index contributed by atoms with van der Waals surface area (Å²) < 4.78 is 26.5. The Morgan fingerprint density at radius 2 is 1.77 bits per heavy atom. The number of likely N-dealkylation sites (tertiary alicyclic amines) is 1. The van der Waals surface area contributed by atoms with Gasteiger partial charge >= 0.3 is 0 Å². The number of carbonyl (C=O) groups excluding carboxylic acids is 1. The van der Waals surface area contributed by atoms with Gasteiger partial charge in [-0.3, -0.25) is 14.0 Å². The smallest absolute Gasteiger partial charge is 0.244 e. The highest BCUT2D eigenvalue weighted by Gasteiger charge is 2.31. The minimum Gasteiger partial charge on any atom is -0.350 e. The average Bonchev–Trinajstić information content (AvgIpc) is 3.23. The van der Waals surface area contributed by atoms with Crippen LogP contribution in [0.1, 0.15) is 42.9 Å². The maximum atomic E-state index is 13.1. The number of nitrogens with zero attached hydrogens (tertiary/aromatic N) is 2. The van der Waals surface area contributed by atoms with E-state index in [1.165, 1.54) is 22.7 Å². The molecule has 0 radical (unpaired) electrons. The minimum absolute atomic E-state index is 0.287. The van der Waals surface area contributed by atoms with Crippen molar-refractivity contribution in [2.45, 2.75) is 52.2 Å². The molecule has 1 unspecified atom stereocenters. The highest BCUT2D eigenvalue weighted by atomic mass is 32.2. The van der Waals surface area contributed by atoms with E-state index >= 15 is 0 Å². The molecule has 2 aromatic rings. The number of nitrogens with one attached hydrogen (secondary N) is 1. The Morgan fingerprint density at radius 1 is 1.10 bits per heavy atom. The van der Waals surface area contributed by atoms with Gasteiger partial charge in [-0.25, -0.2) is 8.42 Å². The molecule has 1 heterocycles. The summed E-state index contributed by atoms with van der Waals surface area (Å²) in [5.74, 6) is -0.287.